The van der Waals surface area contributed by atoms with Gasteiger partial charge in [0.15, 0.2) is 0 Å². The van der Waals surface area contributed by atoms with Gasteiger partial charge in [-0.2, -0.15) is 0 Å². The molecule has 106 valence electrons. The minimum atomic E-state index is -0.315. The fourth-order valence-corrected chi connectivity index (χ4v) is 3.64. The van der Waals surface area contributed by atoms with Gasteiger partial charge in [0.05, 0.1) is 4.92 Å². The highest BCUT2D eigenvalue weighted by molar-refractivity contribution is 7.15. The van der Waals surface area contributed by atoms with Crippen molar-refractivity contribution < 1.29 is 4.92 Å². The van der Waals surface area contributed by atoms with Gasteiger partial charge in [-0.05, 0) is 37.7 Å². The maximum absolute atomic E-state index is 10.6. The Morgan fingerprint density at radius 1 is 1.37 bits per heavy atom. The van der Waals surface area contributed by atoms with E-state index in [1.807, 2.05) is 6.07 Å². The van der Waals surface area contributed by atoms with Gasteiger partial charge in [-0.25, -0.2) is 0 Å². The molecule has 0 atom stereocenters. The van der Waals surface area contributed by atoms with Crippen LogP contribution in [-0.4, -0.2) is 11.0 Å². The highest BCUT2D eigenvalue weighted by Crippen LogP contribution is 2.28. The van der Waals surface area contributed by atoms with E-state index in [0.717, 1.165) is 17.3 Å². The fraction of sp³-hybridized carbons (Fsp3) is 0.714. The van der Waals surface area contributed by atoms with Gasteiger partial charge in [-0.15, -0.1) is 0 Å². The average molecular weight is 282 g/mol. The van der Waals surface area contributed by atoms with Crippen LogP contribution in [0.25, 0.3) is 0 Å². The number of hydrogen-bond acceptors (Lipinski definition) is 4. The summed E-state index contributed by atoms with van der Waals surface area (Å²) < 4.78 is 0. The van der Waals surface area contributed by atoms with Crippen molar-refractivity contribution in [3.05, 3.63) is 27.1 Å². The van der Waals surface area contributed by atoms with Crippen LogP contribution in [0.4, 0.5) is 5.00 Å². The van der Waals surface area contributed by atoms with Gasteiger partial charge in [0.1, 0.15) is 0 Å². The van der Waals surface area contributed by atoms with Crippen molar-refractivity contribution >= 4 is 16.3 Å². The minimum absolute atomic E-state index is 0.239. The molecule has 0 bridgehead atoms. The van der Waals surface area contributed by atoms with Gasteiger partial charge in [-0.3, -0.25) is 10.1 Å². The van der Waals surface area contributed by atoms with Crippen LogP contribution in [0.3, 0.4) is 0 Å². The van der Waals surface area contributed by atoms with Crippen molar-refractivity contribution in [3.8, 4) is 0 Å². The molecule has 19 heavy (non-hydrogen) atoms. The Labute approximate surface area is 118 Å². The van der Waals surface area contributed by atoms with E-state index in [2.05, 4.69) is 12.2 Å². The van der Waals surface area contributed by atoms with Gasteiger partial charge in [0, 0.05) is 23.5 Å². The quantitative estimate of drug-likeness (QED) is 0.631. The van der Waals surface area contributed by atoms with E-state index in [9.17, 15) is 10.1 Å². The standard InChI is InChI=1S/C14H22N2O2S/c1-2-3-11-4-6-12(7-5-11)15-10-13-8-9-14(19-13)16(17)18/h8-9,11-12,15H,2-7,10H2,1H3. The van der Waals surface area contributed by atoms with E-state index in [1.165, 1.54) is 49.9 Å². The van der Waals surface area contributed by atoms with Crippen molar-refractivity contribution in [2.45, 2.75) is 58.0 Å². The molecule has 2 rings (SSSR count). The number of nitrogens with one attached hydrogen (secondary N) is 1. The molecule has 1 aliphatic rings. The number of nitro groups is 1. The number of thiophene rings is 1. The molecule has 0 unspecified atom stereocenters. The van der Waals surface area contributed by atoms with Crippen LogP contribution in [0.1, 0.15) is 50.3 Å². The van der Waals surface area contributed by atoms with Crippen LogP contribution >= 0.6 is 11.3 Å². The second-order valence-electron chi connectivity index (χ2n) is 5.38. The summed E-state index contributed by atoms with van der Waals surface area (Å²) in [6.45, 7) is 3.02. The molecule has 0 aliphatic heterocycles. The Bertz CT molecular complexity index is 411. The molecule has 1 aromatic heterocycles. The smallest absolute Gasteiger partial charge is 0.309 e. The van der Waals surface area contributed by atoms with E-state index >= 15 is 0 Å². The lowest BCUT2D eigenvalue weighted by Gasteiger charge is -2.28. The third-order valence-corrected chi connectivity index (χ3v) is 4.97. The summed E-state index contributed by atoms with van der Waals surface area (Å²) in [5.74, 6) is 0.922. The van der Waals surface area contributed by atoms with E-state index in [1.54, 1.807) is 6.07 Å². The third kappa shape index (κ3) is 4.28. The molecule has 0 aromatic carbocycles. The summed E-state index contributed by atoms with van der Waals surface area (Å²) in [4.78, 5) is 11.4. The first kappa shape index (κ1) is 14.5. The Kier molecular flexibility index (Phi) is 5.34. The molecule has 1 aliphatic carbocycles. The van der Waals surface area contributed by atoms with Gasteiger partial charge < -0.3 is 5.32 Å². The largest absolute Gasteiger partial charge is 0.324 e. The maximum Gasteiger partial charge on any atom is 0.324 e. The molecule has 0 saturated heterocycles. The van der Waals surface area contributed by atoms with Crippen LogP contribution in [-0.2, 0) is 6.54 Å². The van der Waals surface area contributed by atoms with Crippen LogP contribution in [0.15, 0.2) is 12.1 Å². The zero-order valence-electron chi connectivity index (χ0n) is 11.4. The predicted molar refractivity (Wildman–Crippen MR) is 78.5 cm³/mol. The van der Waals surface area contributed by atoms with Crippen molar-refractivity contribution in [2.75, 3.05) is 0 Å². The molecular weight excluding hydrogens is 260 g/mol. The molecule has 5 heteroatoms. The van der Waals surface area contributed by atoms with Crippen molar-refractivity contribution in [2.24, 2.45) is 5.92 Å². The number of rotatable bonds is 6. The lowest BCUT2D eigenvalue weighted by atomic mass is 9.83. The summed E-state index contributed by atoms with van der Waals surface area (Å²) in [5, 5.41) is 14.4. The van der Waals surface area contributed by atoms with E-state index in [0.29, 0.717) is 6.04 Å². The first-order chi connectivity index (χ1) is 9.19. The summed E-state index contributed by atoms with van der Waals surface area (Å²) in [6, 6.07) is 4.05. The molecule has 1 heterocycles. The summed E-state index contributed by atoms with van der Waals surface area (Å²) in [5.41, 5.74) is 0. The van der Waals surface area contributed by atoms with Gasteiger partial charge in [0.2, 0.25) is 0 Å². The van der Waals surface area contributed by atoms with Crippen LogP contribution in [0.2, 0.25) is 0 Å². The molecule has 1 aromatic rings. The van der Waals surface area contributed by atoms with Crippen LogP contribution < -0.4 is 5.32 Å². The van der Waals surface area contributed by atoms with Crippen LogP contribution in [0.5, 0.6) is 0 Å². The molecule has 0 spiro atoms. The van der Waals surface area contributed by atoms with E-state index in [4.69, 9.17) is 0 Å². The molecular formula is C14H22N2O2S. The Hall–Kier alpha value is -0.940. The Morgan fingerprint density at radius 2 is 2.11 bits per heavy atom. The number of hydrogen-bond donors (Lipinski definition) is 1. The monoisotopic (exact) mass is 282 g/mol. The SMILES string of the molecule is CCCC1CCC(NCc2ccc([N+](=O)[O-])s2)CC1. The zero-order valence-corrected chi connectivity index (χ0v) is 12.2. The van der Waals surface area contributed by atoms with Gasteiger partial charge >= 0.3 is 5.00 Å². The zero-order chi connectivity index (χ0) is 13.7. The summed E-state index contributed by atoms with van der Waals surface area (Å²) in [7, 11) is 0. The molecule has 1 N–H and O–H groups in total. The van der Waals surface area contributed by atoms with E-state index in [-0.39, 0.29) is 9.92 Å². The summed E-state index contributed by atoms with van der Waals surface area (Å²) >= 11 is 1.28. The van der Waals surface area contributed by atoms with Gasteiger partial charge in [0.25, 0.3) is 0 Å². The summed E-state index contributed by atoms with van der Waals surface area (Å²) in [6.07, 6.45) is 7.81. The topological polar surface area (TPSA) is 55.2 Å². The number of nitrogens with zero attached hydrogens (tertiary/aromatic N) is 1. The highest BCUT2D eigenvalue weighted by Gasteiger charge is 2.20. The second-order valence-corrected chi connectivity index (χ2v) is 6.53. The van der Waals surface area contributed by atoms with Crippen molar-refractivity contribution in [3.63, 3.8) is 0 Å². The predicted octanol–water partition coefficient (Wildman–Crippen LogP) is 4.10. The molecule has 4 nitrogen and oxygen atoms in total. The minimum Gasteiger partial charge on any atom is -0.309 e. The molecule has 1 saturated carbocycles. The maximum atomic E-state index is 10.6. The lowest BCUT2D eigenvalue weighted by Crippen LogP contribution is -2.32. The lowest BCUT2D eigenvalue weighted by molar-refractivity contribution is -0.380. The third-order valence-electron chi connectivity index (χ3n) is 3.94. The molecule has 0 amide bonds. The van der Waals surface area contributed by atoms with Crippen molar-refractivity contribution in [1.29, 1.82) is 0 Å². The Morgan fingerprint density at radius 3 is 2.68 bits per heavy atom. The average Bonchev–Trinajstić information content (AvgIpc) is 2.87. The van der Waals surface area contributed by atoms with Crippen molar-refractivity contribution in [1.82, 2.24) is 5.32 Å². The first-order valence-electron chi connectivity index (χ1n) is 7.15. The van der Waals surface area contributed by atoms with E-state index < -0.39 is 0 Å². The Balaban J connectivity index is 1.72. The molecule has 0 radical (unpaired) electrons. The van der Waals surface area contributed by atoms with Gasteiger partial charge in [-0.1, -0.05) is 31.1 Å². The second kappa shape index (κ2) is 7.01. The normalized spacial score (nSPS) is 23.4. The first-order valence-corrected chi connectivity index (χ1v) is 7.97. The molecule has 1 fully saturated rings. The fourth-order valence-electron chi connectivity index (χ4n) is 2.87. The van der Waals surface area contributed by atoms with Crippen LogP contribution in [0, 0.1) is 16.0 Å². The highest BCUT2D eigenvalue weighted by atomic mass is 32.1.